The summed E-state index contributed by atoms with van der Waals surface area (Å²) in [5.41, 5.74) is 5.08. The first kappa shape index (κ1) is 18.1. The van der Waals surface area contributed by atoms with Gasteiger partial charge in [0.1, 0.15) is 12.1 Å². The molecule has 1 aliphatic rings. The van der Waals surface area contributed by atoms with Crippen LogP contribution in [0.25, 0.3) is 0 Å². The number of halogens is 1. The Bertz CT molecular complexity index is 978. The second kappa shape index (κ2) is 7.74. The van der Waals surface area contributed by atoms with Crippen molar-refractivity contribution in [3.05, 3.63) is 101 Å². The predicted molar refractivity (Wildman–Crippen MR) is 109 cm³/mol. The fraction of sp³-hybridized carbons (Fsp3) is 0.0909. The van der Waals surface area contributed by atoms with E-state index in [2.05, 4.69) is 10.7 Å². The monoisotopic (exact) mass is 391 g/mol. The van der Waals surface area contributed by atoms with Crippen molar-refractivity contribution in [2.75, 3.05) is 5.01 Å². The minimum absolute atomic E-state index is 0.270. The number of nitrogens with zero attached hydrogens (tertiary/aromatic N) is 1. The SMILES string of the molecule is O=C(N[C@@H]1C(=O)NN(c2ccccc2)[C@@H]1c1ccc(Cl)cc1)c1ccccc1. The standard InChI is InChI=1S/C22H18ClN3O2/c23-17-13-11-15(12-14-17)20-19(24-21(27)16-7-3-1-4-8-16)22(28)25-26(20)18-9-5-2-6-10-18/h1-14,19-20H,(H,24,27)(H,25,28)/t19-,20+/m0/s1. The topological polar surface area (TPSA) is 61.4 Å². The van der Waals surface area contributed by atoms with E-state index in [1.165, 1.54) is 0 Å². The molecule has 5 nitrogen and oxygen atoms in total. The predicted octanol–water partition coefficient (Wildman–Crippen LogP) is 3.73. The van der Waals surface area contributed by atoms with Crippen molar-refractivity contribution in [2.45, 2.75) is 12.1 Å². The van der Waals surface area contributed by atoms with Crippen molar-refractivity contribution in [2.24, 2.45) is 0 Å². The van der Waals surface area contributed by atoms with E-state index < -0.39 is 12.1 Å². The molecule has 28 heavy (non-hydrogen) atoms. The second-order valence-corrected chi connectivity index (χ2v) is 6.93. The molecule has 0 radical (unpaired) electrons. The number of benzene rings is 3. The summed E-state index contributed by atoms with van der Waals surface area (Å²) in [6.45, 7) is 0. The summed E-state index contributed by atoms with van der Waals surface area (Å²) in [6, 6.07) is 24.5. The summed E-state index contributed by atoms with van der Waals surface area (Å²) in [5.74, 6) is -0.567. The van der Waals surface area contributed by atoms with E-state index in [0.717, 1.165) is 11.3 Å². The minimum Gasteiger partial charge on any atom is -0.338 e. The molecular formula is C22H18ClN3O2. The third-order valence-electron chi connectivity index (χ3n) is 4.68. The van der Waals surface area contributed by atoms with Gasteiger partial charge in [-0.1, -0.05) is 60.1 Å². The van der Waals surface area contributed by atoms with E-state index in [9.17, 15) is 9.59 Å². The number of hydrogen-bond acceptors (Lipinski definition) is 3. The summed E-state index contributed by atoms with van der Waals surface area (Å²) in [5, 5.41) is 5.27. The van der Waals surface area contributed by atoms with Crippen molar-refractivity contribution in [3.63, 3.8) is 0 Å². The number of carbonyl (C=O) groups is 2. The smallest absolute Gasteiger partial charge is 0.263 e. The summed E-state index contributed by atoms with van der Waals surface area (Å²) in [7, 11) is 0. The third kappa shape index (κ3) is 3.57. The van der Waals surface area contributed by atoms with Crippen molar-refractivity contribution in [3.8, 4) is 0 Å². The van der Waals surface area contributed by atoms with Gasteiger partial charge < -0.3 is 5.32 Å². The Morgan fingerprint density at radius 1 is 0.893 bits per heavy atom. The van der Waals surface area contributed by atoms with Crippen LogP contribution in [-0.2, 0) is 4.79 Å². The molecular weight excluding hydrogens is 374 g/mol. The number of hydrazine groups is 1. The molecule has 0 saturated carbocycles. The number of nitrogens with one attached hydrogen (secondary N) is 2. The molecule has 0 bridgehead atoms. The highest BCUT2D eigenvalue weighted by atomic mass is 35.5. The van der Waals surface area contributed by atoms with E-state index >= 15 is 0 Å². The van der Waals surface area contributed by atoms with Crippen LogP contribution in [0.2, 0.25) is 5.02 Å². The number of anilines is 1. The van der Waals surface area contributed by atoms with Crippen LogP contribution in [-0.4, -0.2) is 17.9 Å². The first-order valence-electron chi connectivity index (χ1n) is 8.89. The van der Waals surface area contributed by atoms with Crippen LogP contribution in [0.3, 0.4) is 0 Å². The largest absolute Gasteiger partial charge is 0.338 e. The Morgan fingerprint density at radius 2 is 1.50 bits per heavy atom. The highest BCUT2D eigenvalue weighted by molar-refractivity contribution is 6.30. The molecule has 1 fully saturated rings. The number of hydrogen-bond donors (Lipinski definition) is 2. The fourth-order valence-electron chi connectivity index (χ4n) is 3.32. The van der Waals surface area contributed by atoms with Gasteiger partial charge in [0.05, 0.1) is 5.69 Å². The lowest BCUT2D eigenvalue weighted by Gasteiger charge is -2.28. The summed E-state index contributed by atoms with van der Waals surface area (Å²) in [4.78, 5) is 25.5. The third-order valence-corrected chi connectivity index (χ3v) is 4.93. The van der Waals surface area contributed by atoms with Gasteiger partial charge in [0.2, 0.25) is 0 Å². The summed E-state index contributed by atoms with van der Waals surface area (Å²) < 4.78 is 0. The molecule has 4 rings (SSSR count). The van der Waals surface area contributed by atoms with Gasteiger partial charge in [-0.2, -0.15) is 0 Å². The van der Waals surface area contributed by atoms with Crippen LogP contribution in [0.4, 0.5) is 5.69 Å². The average molecular weight is 392 g/mol. The fourth-order valence-corrected chi connectivity index (χ4v) is 3.45. The molecule has 140 valence electrons. The van der Waals surface area contributed by atoms with Gasteiger partial charge in [0, 0.05) is 10.6 Å². The molecule has 1 aliphatic heterocycles. The molecule has 3 aromatic rings. The van der Waals surface area contributed by atoms with E-state index in [1.807, 2.05) is 48.5 Å². The van der Waals surface area contributed by atoms with Crippen LogP contribution in [0, 0.1) is 0 Å². The lowest BCUT2D eigenvalue weighted by atomic mass is 9.99. The van der Waals surface area contributed by atoms with E-state index in [-0.39, 0.29) is 11.8 Å². The zero-order valence-corrected chi connectivity index (χ0v) is 15.6. The lowest BCUT2D eigenvalue weighted by molar-refractivity contribution is -0.120. The zero-order chi connectivity index (χ0) is 19.5. The Kier molecular flexibility index (Phi) is 5.00. The number of para-hydroxylation sites is 1. The van der Waals surface area contributed by atoms with Crippen molar-refractivity contribution in [1.82, 2.24) is 10.7 Å². The maximum Gasteiger partial charge on any atom is 0.263 e. The van der Waals surface area contributed by atoms with Crippen LogP contribution >= 0.6 is 11.6 Å². The number of rotatable bonds is 4. The molecule has 2 N–H and O–H groups in total. The summed E-state index contributed by atoms with van der Waals surface area (Å²) >= 11 is 6.04. The van der Waals surface area contributed by atoms with Crippen molar-refractivity contribution >= 4 is 29.1 Å². The molecule has 0 unspecified atom stereocenters. The highest BCUT2D eigenvalue weighted by Gasteiger charge is 2.43. The van der Waals surface area contributed by atoms with Gasteiger partial charge in [-0.05, 0) is 42.0 Å². The molecule has 1 heterocycles. The number of carbonyl (C=O) groups excluding carboxylic acids is 2. The normalized spacial score (nSPS) is 18.6. The minimum atomic E-state index is -0.755. The van der Waals surface area contributed by atoms with Crippen LogP contribution in [0.1, 0.15) is 22.0 Å². The molecule has 0 spiro atoms. The van der Waals surface area contributed by atoms with Crippen LogP contribution < -0.4 is 15.8 Å². The molecule has 2 amide bonds. The van der Waals surface area contributed by atoms with Gasteiger partial charge >= 0.3 is 0 Å². The van der Waals surface area contributed by atoms with Crippen LogP contribution in [0.15, 0.2) is 84.9 Å². The Balaban J connectivity index is 1.70. The zero-order valence-electron chi connectivity index (χ0n) is 14.9. The van der Waals surface area contributed by atoms with Gasteiger partial charge in [-0.25, -0.2) is 0 Å². The van der Waals surface area contributed by atoms with Gasteiger partial charge in [-0.3, -0.25) is 20.0 Å². The number of amides is 2. The van der Waals surface area contributed by atoms with Gasteiger partial charge in [0.25, 0.3) is 11.8 Å². The molecule has 0 aromatic heterocycles. The molecule has 0 aliphatic carbocycles. The maximum absolute atomic E-state index is 12.8. The first-order valence-corrected chi connectivity index (χ1v) is 9.27. The van der Waals surface area contributed by atoms with Crippen LogP contribution in [0.5, 0.6) is 0 Å². The van der Waals surface area contributed by atoms with Gasteiger partial charge in [0.15, 0.2) is 0 Å². The van der Waals surface area contributed by atoms with Gasteiger partial charge in [-0.15, -0.1) is 0 Å². The molecule has 1 saturated heterocycles. The highest BCUT2D eigenvalue weighted by Crippen LogP contribution is 2.33. The lowest BCUT2D eigenvalue weighted by Crippen LogP contribution is -2.43. The molecule has 3 aromatic carbocycles. The second-order valence-electron chi connectivity index (χ2n) is 6.50. The Labute approximate surface area is 167 Å². The Hall–Kier alpha value is -3.31. The summed E-state index contributed by atoms with van der Waals surface area (Å²) in [6.07, 6.45) is 0. The van der Waals surface area contributed by atoms with Crippen molar-refractivity contribution < 1.29 is 9.59 Å². The molecule has 2 atom stereocenters. The van der Waals surface area contributed by atoms with E-state index in [4.69, 9.17) is 11.6 Å². The van der Waals surface area contributed by atoms with E-state index in [1.54, 1.807) is 41.4 Å². The molecule has 6 heteroatoms. The maximum atomic E-state index is 12.8. The first-order chi connectivity index (χ1) is 13.6. The quantitative estimate of drug-likeness (QED) is 0.712. The van der Waals surface area contributed by atoms with Crippen molar-refractivity contribution in [1.29, 1.82) is 0 Å². The average Bonchev–Trinajstić information content (AvgIpc) is 3.06. The Morgan fingerprint density at radius 3 is 2.14 bits per heavy atom. The van der Waals surface area contributed by atoms with E-state index in [0.29, 0.717) is 10.6 Å².